The van der Waals surface area contributed by atoms with Gasteiger partial charge in [0.05, 0.1) is 5.39 Å². The molecule has 6 rings (SSSR count). The first-order valence-corrected chi connectivity index (χ1v) is 19.5. The minimum absolute atomic E-state index is 0.284. The van der Waals surface area contributed by atoms with E-state index in [1.54, 1.807) is 18.3 Å². The molecule has 1 aliphatic heterocycles. The summed E-state index contributed by atoms with van der Waals surface area (Å²) in [6.45, 7) is 19.4. The molecule has 0 aliphatic carbocycles. The molecule has 0 saturated carbocycles. The number of piperazine rings is 1. The Morgan fingerprint density at radius 2 is 1.52 bits per heavy atom. The van der Waals surface area contributed by atoms with Crippen molar-refractivity contribution in [1.82, 2.24) is 24.6 Å². The van der Waals surface area contributed by atoms with Crippen LogP contribution in [0.1, 0.15) is 48.0 Å². The number of furan rings is 1. The molecule has 0 radical (unpaired) electrons. The molecule has 1 aliphatic rings. The van der Waals surface area contributed by atoms with Crippen molar-refractivity contribution in [2.75, 3.05) is 44.7 Å². The van der Waals surface area contributed by atoms with Crippen molar-refractivity contribution in [3.63, 3.8) is 0 Å². The largest absolute Gasteiger partial charge is 0.437 e. The zero-order chi connectivity index (χ0) is 34.0. The van der Waals surface area contributed by atoms with Crippen molar-refractivity contribution in [3.05, 3.63) is 73.1 Å². The van der Waals surface area contributed by atoms with E-state index in [2.05, 4.69) is 98.8 Å². The number of hydrogen-bond acceptors (Lipinski definition) is 7. The summed E-state index contributed by atoms with van der Waals surface area (Å²) in [5.74, 6) is 0.427. The highest BCUT2D eigenvalue weighted by Gasteiger charge is 2.44. The Bertz CT molecular complexity index is 1790. The van der Waals surface area contributed by atoms with Crippen molar-refractivity contribution in [2.45, 2.75) is 71.1 Å². The topological polar surface area (TPSA) is 72.5 Å². The van der Waals surface area contributed by atoms with Crippen LogP contribution < -0.4 is 4.90 Å². The maximum absolute atomic E-state index is 14.1. The van der Waals surface area contributed by atoms with Crippen LogP contribution in [0.4, 0.5) is 10.1 Å². The smallest absolute Gasteiger partial charge is 0.230 e. The number of benzene rings is 2. The summed E-state index contributed by atoms with van der Waals surface area (Å²) in [6.07, 6.45) is 6.22. The maximum atomic E-state index is 14.1. The summed E-state index contributed by atoms with van der Waals surface area (Å²) in [7, 11) is 0.204. The molecule has 0 unspecified atom stereocenters. The predicted molar refractivity (Wildman–Crippen MR) is 195 cm³/mol. The van der Waals surface area contributed by atoms with Crippen LogP contribution in [0, 0.1) is 5.82 Å². The monoisotopic (exact) mass is 668 g/mol. The molecule has 1 fully saturated rings. The van der Waals surface area contributed by atoms with Crippen LogP contribution >= 0.6 is 0 Å². The van der Waals surface area contributed by atoms with Crippen LogP contribution in [0.2, 0.25) is 16.6 Å². The highest BCUT2D eigenvalue weighted by molar-refractivity contribution is 6.77. The summed E-state index contributed by atoms with van der Waals surface area (Å²) < 4.78 is 29.4. The van der Waals surface area contributed by atoms with E-state index in [0.717, 1.165) is 65.9 Å². The third-order valence-corrected chi connectivity index (χ3v) is 16.2. The molecule has 0 spiro atoms. The minimum atomic E-state index is -1.96. The molecule has 8 nitrogen and oxygen atoms in total. The van der Waals surface area contributed by atoms with Gasteiger partial charge in [0, 0.05) is 79.7 Å². The predicted octanol–water partition coefficient (Wildman–Crippen LogP) is 8.89. The van der Waals surface area contributed by atoms with Gasteiger partial charge in [-0.25, -0.2) is 14.4 Å². The van der Waals surface area contributed by atoms with Crippen molar-refractivity contribution in [1.29, 1.82) is 0 Å². The molecule has 3 aromatic heterocycles. The van der Waals surface area contributed by atoms with Crippen molar-refractivity contribution >= 4 is 25.1 Å². The molecule has 0 atom stereocenters. The van der Waals surface area contributed by atoms with Gasteiger partial charge in [-0.3, -0.25) is 4.68 Å². The van der Waals surface area contributed by atoms with Gasteiger partial charge in [-0.1, -0.05) is 41.5 Å². The Balaban J connectivity index is 1.36. The fourth-order valence-electron chi connectivity index (χ4n) is 7.72. The number of nitrogens with zero attached hydrogens (tertiary/aromatic N) is 6. The molecule has 2 aromatic carbocycles. The normalized spacial score (nSPS) is 14.7. The van der Waals surface area contributed by atoms with Gasteiger partial charge in [0.25, 0.3) is 0 Å². The summed E-state index contributed by atoms with van der Waals surface area (Å²) >= 11 is 0. The van der Waals surface area contributed by atoms with Crippen LogP contribution in [-0.2, 0) is 11.0 Å². The second-order valence-corrected chi connectivity index (χ2v) is 19.5. The van der Waals surface area contributed by atoms with E-state index >= 15 is 0 Å². The molecular formula is C38H49FN6O2Si. The van der Waals surface area contributed by atoms with Crippen LogP contribution in [0.15, 0.2) is 71.7 Å². The zero-order valence-electron chi connectivity index (χ0n) is 29.4. The van der Waals surface area contributed by atoms with E-state index in [-0.39, 0.29) is 5.82 Å². The second kappa shape index (κ2) is 14.3. The lowest BCUT2D eigenvalue weighted by Crippen LogP contribution is -2.48. The Morgan fingerprint density at radius 1 is 0.875 bits per heavy atom. The average Bonchev–Trinajstić information content (AvgIpc) is 3.66. The van der Waals surface area contributed by atoms with Crippen molar-refractivity contribution in [3.8, 4) is 33.7 Å². The zero-order valence-corrected chi connectivity index (χ0v) is 30.4. The van der Waals surface area contributed by atoms with E-state index in [1.807, 2.05) is 4.68 Å². The first-order valence-electron chi connectivity index (χ1n) is 17.3. The van der Waals surface area contributed by atoms with Crippen LogP contribution in [0.5, 0.6) is 0 Å². The van der Waals surface area contributed by atoms with E-state index < -0.39 is 8.32 Å². The lowest BCUT2D eigenvalue weighted by molar-refractivity contribution is 0.263. The lowest BCUT2D eigenvalue weighted by atomic mass is 9.97. The summed E-state index contributed by atoms with van der Waals surface area (Å²) in [5, 5.41) is 5.89. The lowest BCUT2D eigenvalue weighted by Gasteiger charge is -2.42. The number of fused-ring (bicyclic) bond motifs is 1. The van der Waals surface area contributed by atoms with Gasteiger partial charge < -0.3 is 18.6 Å². The molecule has 0 N–H and O–H groups in total. The molecule has 5 aromatic rings. The highest BCUT2D eigenvalue weighted by atomic mass is 28.4. The van der Waals surface area contributed by atoms with Gasteiger partial charge in [-0.05, 0) is 78.6 Å². The summed E-state index contributed by atoms with van der Waals surface area (Å²) in [5.41, 5.74) is 7.62. The molecule has 48 heavy (non-hydrogen) atoms. The number of likely N-dealkylation sites (N-methyl/N-ethyl adjacent to an activating group) is 1. The third kappa shape index (κ3) is 6.70. The number of aryl methyl sites for hydroxylation is 1. The Kier molecular flexibility index (Phi) is 10.1. The second-order valence-electron chi connectivity index (χ2n) is 14.1. The van der Waals surface area contributed by atoms with Gasteiger partial charge in [-0.15, -0.1) is 0 Å². The minimum Gasteiger partial charge on any atom is -0.437 e. The fourth-order valence-corrected chi connectivity index (χ4v) is 13.2. The quantitative estimate of drug-likeness (QED) is 0.0971. The molecular weight excluding hydrogens is 620 g/mol. The van der Waals surface area contributed by atoms with E-state index in [9.17, 15) is 4.39 Å². The maximum Gasteiger partial charge on any atom is 0.230 e. The van der Waals surface area contributed by atoms with Gasteiger partial charge in [0.1, 0.15) is 23.6 Å². The first kappa shape index (κ1) is 34.0. The van der Waals surface area contributed by atoms with Crippen molar-refractivity contribution < 1.29 is 13.2 Å². The number of hydrogen-bond donors (Lipinski definition) is 0. The van der Waals surface area contributed by atoms with E-state index in [0.29, 0.717) is 41.2 Å². The van der Waals surface area contributed by atoms with Crippen LogP contribution in [0.3, 0.4) is 0 Å². The van der Waals surface area contributed by atoms with Crippen LogP contribution in [-0.4, -0.2) is 72.8 Å². The molecule has 1 saturated heterocycles. The molecule has 0 amide bonds. The van der Waals surface area contributed by atoms with Gasteiger partial charge in [0.2, 0.25) is 5.71 Å². The van der Waals surface area contributed by atoms with Crippen molar-refractivity contribution in [2.24, 2.45) is 0 Å². The third-order valence-electron chi connectivity index (χ3n) is 10.1. The highest BCUT2D eigenvalue weighted by Crippen LogP contribution is 2.44. The number of halogens is 1. The Labute approximate surface area is 285 Å². The first-order chi connectivity index (χ1) is 23.1. The molecule has 10 heteroatoms. The number of anilines is 1. The van der Waals surface area contributed by atoms with E-state index in [4.69, 9.17) is 13.9 Å². The van der Waals surface area contributed by atoms with Gasteiger partial charge >= 0.3 is 0 Å². The molecule has 254 valence electrons. The molecule has 0 bridgehead atoms. The number of rotatable bonds is 12. The summed E-state index contributed by atoms with van der Waals surface area (Å²) in [6, 6.07) is 15.1. The summed E-state index contributed by atoms with van der Waals surface area (Å²) in [4.78, 5) is 13.6. The standard InChI is InChI=1S/C38H49FN6O2Si/c1-26(2)48(27(3)4,28(5)6)46-22-8-17-45-24-34(36(42-45)29-9-13-31(39)14-10-29)35-33-23-40-25-41-38(33)47-37(35)30-11-15-32(16-12-30)44-20-18-43(7)19-21-44/h9-16,23-28H,8,17-22H2,1-7H3. The Hall–Kier alpha value is -3.86. The van der Waals surface area contributed by atoms with Gasteiger partial charge in [-0.2, -0.15) is 5.10 Å². The van der Waals surface area contributed by atoms with Gasteiger partial charge in [0.15, 0.2) is 8.32 Å². The number of aromatic nitrogens is 4. The SMILES string of the molecule is CC(C)[Si](OCCCn1cc(-c2c(-c3ccc(N4CCN(C)CC4)cc3)oc3ncncc23)c(-c2ccc(F)cc2)n1)(C(C)C)C(C)C. The van der Waals surface area contributed by atoms with E-state index in [1.165, 1.54) is 24.1 Å². The fraction of sp³-hybridized carbons (Fsp3) is 0.447. The van der Waals surface area contributed by atoms with Crippen LogP contribution in [0.25, 0.3) is 44.8 Å². The molecule has 4 heterocycles. The average molecular weight is 669 g/mol. The Morgan fingerprint density at radius 3 is 2.17 bits per heavy atom.